The lowest BCUT2D eigenvalue weighted by Gasteiger charge is -2.09. The molecule has 104 valence electrons. The second-order valence-corrected chi connectivity index (χ2v) is 5.60. The summed E-state index contributed by atoms with van der Waals surface area (Å²) in [4.78, 5) is 4.60. The standard InChI is InChI=1S/C16H25N3/c1-13(2)12-17-10-6-7-11-19-14(3)18-15-8-4-5-9-16(15)19/h4-5,8-9,13,17H,6-7,10-12H2,1-3H3. The molecule has 2 rings (SSSR count). The summed E-state index contributed by atoms with van der Waals surface area (Å²) in [5.41, 5.74) is 2.37. The lowest BCUT2D eigenvalue weighted by Crippen LogP contribution is -2.20. The number of aryl methyl sites for hydroxylation is 2. The third-order valence-electron chi connectivity index (χ3n) is 3.38. The molecule has 3 heteroatoms. The van der Waals surface area contributed by atoms with Gasteiger partial charge in [0, 0.05) is 6.54 Å². The van der Waals surface area contributed by atoms with Gasteiger partial charge in [0.05, 0.1) is 11.0 Å². The van der Waals surface area contributed by atoms with E-state index in [-0.39, 0.29) is 0 Å². The van der Waals surface area contributed by atoms with Crippen LogP contribution in [0.3, 0.4) is 0 Å². The van der Waals surface area contributed by atoms with Crippen molar-refractivity contribution in [1.82, 2.24) is 14.9 Å². The van der Waals surface area contributed by atoms with Crippen molar-refractivity contribution in [3.8, 4) is 0 Å². The number of para-hydroxylation sites is 2. The molecule has 0 unspecified atom stereocenters. The molecule has 0 aliphatic carbocycles. The van der Waals surface area contributed by atoms with E-state index in [0.717, 1.165) is 36.9 Å². The molecule has 0 bridgehead atoms. The van der Waals surface area contributed by atoms with Crippen LogP contribution in [0.15, 0.2) is 24.3 Å². The molecular weight excluding hydrogens is 234 g/mol. The van der Waals surface area contributed by atoms with E-state index in [0.29, 0.717) is 0 Å². The van der Waals surface area contributed by atoms with Crippen LogP contribution in [0.1, 0.15) is 32.5 Å². The lowest BCUT2D eigenvalue weighted by molar-refractivity contribution is 0.520. The van der Waals surface area contributed by atoms with Crippen molar-refractivity contribution >= 4 is 11.0 Å². The normalized spacial score (nSPS) is 11.6. The summed E-state index contributed by atoms with van der Waals surface area (Å²) >= 11 is 0. The van der Waals surface area contributed by atoms with Crippen LogP contribution in [0.2, 0.25) is 0 Å². The third-order valence-corrected chi connectivity index (χ3v) is 3.38. The van der Waals surface area contributed by atoms with E-state index in [2.05, 4.69) is 59.9 Å². The number of unbranched alkanes of at least 4 members (excludes halogenated alkanes) is 1. The Hall–Kier alpha value is -1.35. The van der Waals surface area contributed by atoms with Crippen molar-refractivity contribution < 1.29 is 0 Å². The maximum Gasteiger partial charge on any atom is 0.106 e. The lowest BCUT2D eigenvalue weighted by atomic mass is 10.2. The van der Waals surface area contributed by atoms with E-state index < -0.39 is 0 Å². The Balaban J connectivity index is 1.83. The Morgan fingerprint density at radius 2 is 2.00 bits per heavy atom. The maximum absolute atomic E-state index is 4.60. The predicted octanol–water partition coefficient (Wildman–Crippen LogP) is 3.37. The van der Waals surface area contributed by atoms with Gasteiger partial charge in [0.15, 0.2) is 0 Å². The van der Waals surface area contributed by atoms with E-state index in [1.165, 1.54) is 18.4 Å². The Labute approximate surface area is 116 Å². The summed E-state index contributed by atoms with van der Waals surface area (Å²) in [7, 11) is 0. The van der Waals surface area contributed by atoms with Gasteiger partial charge in [-0.1, -0.05) is 26.0 Å². The number of benzene rings is 1. The van der Waals surface area contributed by atoms with Crippen molar-refractivity contribution in [2.45, 2.75) is 40.2 Å². The maximum atomic E-state index is 4.60. The molecular formula is C16H25N3. The highest BCUT2D eigenvalue weighted by Gasteiger charge is 2.05. The average Bonchev–Trinajstić information content (AvgIpc) is 2.69. The Morgan fingerprint density at radius 3 is 2.79 bits per heavy atom. The molecule has 0 amide bonds. The van der Waals surface area contributed by atoms with Crippen LogP contribution < -0.4 is 5.32 Å². The van der Waals surface area contributed by atoms with Gasteiger partial charge in [-0.05, 0) is 50.9 Å². The molecule has 2 aromatic rings. The van der Waals surface area contributed by atoms with Crippen molar-refractivity contribution in [3.63, 3.8) is 0 Å². The van der Waals surface area contributed by atoms with Gasteiger partial charge in [0.25, 0.3) is 0 Å². The highest BCUT2D eigenvalue weighted by Crippen LogP contribution is 2.15. The van der Waals surface area contributed by atoms with Gasteiger partial charge >= 0.3 is 0 Å². The van der Waals surface area contributed by atoms with Crippen LogP contribution in [0, 0.1) is 12.8 Å². The minimum Gasteiger partial charge on any atom is -0.328 e. The monoisotopic (exact) mass is 259 g/mol. The summed E-state index contributed by atoms with van der Waals surface area (Å²) in [6, 6.07) is 8.38. The second kappa shape index (κ2) is 6.71. The Kier molecular flexibility index (Phi) is 4.97. The first kappa shape index (κ1) is 14.1. The first-order valence-electron chi connectivity index (χ1n) is 7.31. The van der Waals surface area contributed by atoms with Crippen LogP contribution in [-0.2, 0) is 6.54 Å². The van der Waals surface area contributed by atoms with Crippen LogP contribution >= 0.6 is 0 Å². The molecule has 0 aliphatic rings. The molecule has 1 N–H and O–H groups in total. The zero-order valence-electron chi connectivity index (χ0n) is 12.3. The van der Waals surface area contributed by atoms with Gasteiger partial charge in [-0.3, -0.25) is 0 Å². The molecule has 0 saturated carbocycles. The SMILES string of the molecule is Cc1nc2ccccc2n1CCCCNCC(C)C. The Morgan fingerprint density at radius 1 is 1.21 bits per heavy atom. The average molecular weight is 259 g/mol. The van der Waals surface area contributed by atoms with Gasteiger partial charge in [-0.25, -0.2) is 4.98 Å². The molecule has 19 heavy (non-hydrogen) atoms. The number of imidazole rings is 1. The predicted molar refractivity (Wildman–Crippen MR) is 81.4 cm³/mol. The fraction of sp³-hybridized carbons (Fsp3) is 0.562. The number of hydrogen-bond acceptors (Lipinski definition) is 2. The molecule has 1 aromatic heterocycles. The van der Waals surface area contributed by atoms with Gasteiger partial charge in [-0.2, -0.15) is 0 Å². The van der Waals surface area contributed by atoms with Crippen molar-refractivity contribution in [2.24, 2.45) is 5.92 Å². The highest BCUT2D eigenvalue weighted by atomic mass is 15.1. The fourth-order valence-corrected chi connectivity index (χ4v) is 2.39. The first-order chi connectivity index (χ1) is 9.18. The molecule has 0 saturated heterocycles. The molecule has 0 fully saturated rings. The van der Waals surface area contributed by atoms with E-state index >= 15 is 0 Å². The zero-order chi connectivity index (χ0) is 13.7. The summed E-state index contributed by atoms with van der Waals surface area (Å²) in [5.74, 6) is 1.86. The van der Waals surface area contributed by atoms with Crippen LogP contribution in [0.5, 0.6) is 0 Å². The minimum absolute atomic E-state index is 0.736. The number of aromatic nitrogens is 2. The molecule has 1 aromatic carbocycles. The van der Waals surface area contributed by atoms with E-state index in [1.807, 2.05) is 0 Å². The van der Waals surface area contributed by atoms with E-state index in [4.69, 9.17) is 0 Å². The fourth-order valence-electron chi connectivity index (χ4n) is 2.39. The molecule has 0 aliphatic heterocycles. The molecule has 1 heterocycles. The summed E-state index contributed by atoms with van der Waals surface area (Å²) in [5, 5.41) is 3.49. The van der Waals surface area contributed by atoms with Gasteiger partial charge < -0.3 is 9.88 Å². The molecule has 0 spiro atoms. The summed E-state index contributed by atoms with van der Waals surface area (Å²) in [6.45, 7) is 9.88. The largest absolute Gasteiger partial charge is 0.328 e. The van der Waals surface area contributed by atoms with Crippen LogP contribution in [-0.4, -0.2) is 22.6 Å². The minimum atomic E-state index is 0.736. The van der Waals surface area contributed by atoms with Crippen molar-refractivity contribution in [2.75, 3.05) is 13.1 Å². The van der Waals surface area contributed by atoms with E-state index in [1.54, 1.807) is 0 Å². The van der Waals surface area contributed by atoms with Gasteiger partial charge in [-0.15, -0.1) is 0 Å². The smallest absolute Gasteiger partial charge is 0.106 e. The topological polar surface area (TPSA) is 29.9 Å². The number of fused-ring (bicyclic) bond motifs is 1. The van der Waals surface area contributed by atoms with Gasteiger partial charge in [0.2, 0.25) is 0 Å². The Bertz CT molecular complexity index is 514. The van der Waals surface area contributed by atoms with Crippen LogP contribution in [0.4, 0.5) is 0 Å². The van der Waals surface area contributed by atoms with Gasteiger partial charge in [0.1, 0.15) is 5.82 Å². The number of nitrogens with zero attached hydrogens (tertiary/aromatic N) is 2. The molecule has 0 radical (unpaired) electrons. The molecule has 0 atom stereocenters. The van der Waals surface area contributed by atoms with Crippen molar-refractivity contribution in [3.05, 3.63) is 30.1 Å². The third kappa shape index (κ3) is 3.80. The zero-order valence-corrected chi connectivity index (χ0v) is 12.3. The quantitative estimate of drug-likeness (QED) is 0.773. The summed E-state index contributed by atoms with van der Waals surface area (Å²) in [6.07, 6.45) is 2.42. The second-order valence-electron chi connectivity index (χ2n) is 5.60. The highest BCUT2D eigenvalue weighted by molar-refractivity contribution is 5.75. The number of rotatable bonds is 7. The van der Waals surface area contributed by atoms with Crippen LogP contribution in [0.25, 0.3) is 11.0 Å². The first-order valence-corrected chi connectivity index (χ1v) is 7.31. The van der Waals surface area contributed by atoms with Crippen molar-refractivity contribution in [1.29, 1.82) is 0 Å². The number of hydrogen-bond donors (Lipinski definition) is 1. The summed E-state index contributed by atoms with van der Waals surface area (Å²) < 4.78 is 2.33. The molecule has 3 nitrogen and oxygen atoms in total. The number of nitrogens with one attached hydrogen (secondary N) is 1. The van der Waals surface area contributed by atoms with E-state index in [9.17, 15) is 0 Å².